The lowest BCUT2D eigenvalue weighted by atomic mass is 9.47. The third-order valence-electron chi connectivity index (χ3n) is 17.7. The average molecular weight is 885 g/mol. The highest BCUT2D eigenvalue weighted by Gasteiger charge is 2.69. The quantitative estimate of drug-likeness (QED) is 0.148. The van der Waals surface area contributed by atoms with Crippen molar-refractivity contribution >= 4 is 0 Å². The second-order valence-corrected chi connectivity index (χ2v) is 21.1. The molecule has 9 N–H and O–H groups in total. The number of aliphatic hydroxyl groups excluding tert-OH is 9. The highest BCUT2D eigenvalue weighted by molar-refractivity contribution is 5.26. The fourth-order valence-corrected chi connectivity index (χ4v) is 14.0. The van der Waals surface area contributed by atoms with Gasteiger partial charge in [0.25, 0.3) is 0 Å². The van der Waals surface area contributed by atoms with Crippen molar-refractivity contribution in [2.75, 3.05) is 19.8 Å². The lowest BCUT2D eigenvalue weighted by molar-refractivity contribution is -0.394. The van der Waals surface area contributed by atoms with Crippen molar-refractivity contribution < 1.29 is 83.9 Å². The van der Waals surface area contributed by atoms with E-state index in [4.69, 9.17) is 37.9 Å². The van der Waals surface area contributed by atoms with Gasteiger partial charge in [-0.1, -0.05) is 39.3 Å². The molecular formula is C45H72O17. The van der Waals surface area contributed by atoms with Crippen LogP contribution in [0.15, 0.2) is 11.6 Å². The summed E-state index contributed by atoms with van der Waals surface area (Å²) in [6, 6.07) is 0. The molecule has 9 aliphatic rings. The second-order valence-electron chi connectivity index (χ2n) is 21.1. The third kappa shape index (κ3) is 7.49. The zero-order valence-corrected chi connectivity index (χ0v) is 36.6. The van der Waals surface area contributed by atoms with Crippen LogP contribution in [0.1, 0.15) is 92.4 Å². The molecule has 0 aromatic rings. The standard InChI is InChI=1S/C45H72O17/c1-19-8-13-45(55-18-19)20(2)30-27(62-45)15-26-24-7-6-22-14-23(9-11-43(22,4)25(24)10-12-44(26,30)5)57-42-39(61-40-36(53)34(51)31(48)21(3)56-40)38(33(50)29(17-47)59-42)60-41-37(54)35(52)32(49)28(16-46)58-41/h6,19-21,23-42,46-54H,7-18H2,1-5H3/t19-,20+,21+,23+,24-,25+,26-,27+,28-,29-,30+,31+,32-,33-,34-,35+,36-,37-,38+,39-,40+,41+,42-,43+,44+,45-/m1/s1. The largest absolute Gasteiger partial charge is 0.394 e. The van der Waals surface area contributed by atoms with Crippen molar-refractivity contribution in [3.8, 4) is 0 Å². The maximum absolute atomic E-state index is 11.6. The predicted octanol–water partition coefficient (Wildman–Crippen LogP) is 0.214. The molecule has 5 heterocycles. The summed E-state index contributed by atoms with van der Waals surface area (Å²) in [5.74, 6) is 2.52. The summed E-state index contributed by atoms with van der Waals surface area (Å²) in [7, 11) is 0. The maximum Gasteiger partial charge on any atom is 0.187 e. The molecule has 5 saturated heterocycles. The molecule has 62 heavy (non-hydrogen) atoms. The van der Waals surface area contributed by atoms with Gasteiger partial charge >= 0.3 is 0 Å². The number of ether oxygens (including phenoxy) is 8. The van der Waals surface area contributed by atoms with E-state index >= 15 is 0 Å². The summed E-state index contributed by atoms with van der Waals surface area (Å²) in [6.45, 7) is 10.4. The van der Waals surface area contributed by atoms with Crippen LogP contribution in [-0.2, 0) is 37.9 Å². The Morgan fingerprint density at radius 1 is 0.677 bits per heavy atom. The molecule has 26 atom stereocenters. The van der Waals surface area contributed by atoms with Crippen LogP contribution in [-0.4, -0.2) is 176 Å². The topological polar surface area (TPSA) is 256 Å². The Morgan fingerprint density at radius 2 is 1.34 bits per heavy atom. The number of fused-ring (bicyclic) bond motifs is 7. The van der Waals surface area contributed by atoms with Crippen LogP contribution in [0.2, 0.25) is 0 Å². The van der Waals surface area contributed by atoms with E-state index in [0.29, 0.717) is 48.3 Å². The molecule has 0 aromatic carbocycles. The Bertz CT molecular complexity index is 1610. The Morgan fingerprint density at radius 3 is 2.03 bits per heavy atom. The van der Waals surface area contributed by atoms with Crippen molar-refractivity contribution in [3.05, 3.63) is 11.6 Å². The van der Waals surface area contributed by atoms with Crippen LogP contribution in [0.3, 0.4) is 0 Å². The Balaban J connectivity index is 0.940. The van der Waals surface area contributed by atoms with Gasteiger partial charge in [-0.25, -0.2) is 0 Å². The van der Waals surface area contributed by atoms with Crippen LogP contribution in [0.25, 0.3) is 0 Å². The van der Waals surface area contributed by atoms with E-state index in [1.54, 1.807) is 0 Å². The Hall–Kier alpha value is -0.940. The molecule has 0 aromatic heterocycles. The minimum Gasteiger partial charge on any atom is -0.394 e. The van der Waals surface area contributed by atoms with Crippen LogP contribution in [0, 0.1) is 46.3 Å². The fourth-order valence-electron chi connectivity index (χ4n) is 14.0. The van der Waals surface area contributed by atoms with Crippen molar-refractivity contribution in [1.82, 2.24) is 0 Å². The summed E-state index contributed by atoms with van der Waals surface area (Å²) in [6.07, 6.45) is -12.4. The van der Waals surface area contributed by atoms with Gasteiger partial charge in [0, 0.05) is 12.3 Å². The fraction of sp³-hybridized carbons (Fsp3) is 0.956. The normalized spacial score (nSPS) is 57.6. The second kappa shape index (κ2) is 17.3. The summed E-state index contributed by atoms with van der Waals surface area (Å²) >= 11 is 0. The van der Waals surface area contributed by atoms with Gasteiger partial charge in [0.15, 0.2) is 24.7 Å². The van der Waals surface area contributed by atoms with E-state index in [2.05, 4.69) is 33.8 Å². The number of allylic oxidation sites excluding steroid dienone is 1. The first kappa shape index (κ1) is 46.2. The molecule has 4 aliphatic carbocycles. The van der Waals surface area contributed by atoms with Crippen LogP contribution < -0.4 is 0 Å². The maximum atomic E-state index is 11.6. The molecule has 354 valence electrons. The number of rotatable bonds is 8. The summed E-state index contributed by atoms with van der Waals surface area (Å²) in [5.41, 5.74) is 1.45. The van der Waals surface area contributed by atoms with Crippen molar-refractivity contribution in [1.29, 1.82) is 0 Å². The molecule has 0 unspecified atom stereocenters. The van der Waals surface area contributed by atoms with Gasteiger partial charge in [-0.2, -0.15) is 0 Å². The Labute approximate surface area is 363 Å². The number of hydrogen-bond donors (Lipinski definition) is 9. The molecule has 5 aliphatic heterocycles. The van der Waals surface area contributed by atoms with E-state index in [0.717, 1.165) is 51.6 Å². The van der Waals surface area contributed by atoms with E-state index in [9.17, 15) is 46.0 Å². The van der Waals surface area contributed by atoms with E-state index in [-0.39, 0.29) is 16.9 Å². The summed E-state index contributed by atoms with van der Waals surface area (Å²) in [5, 5.41) is 95.8. The first-order valence-electron chi connectivity index (χ1n) is 23.4. The van der Waals surface area contributed by atoms with Gasteiger partial charge in [0.1, 0.15) is 67.1 Å². The van der Waals surface area contributed by atoms with Gasteiger partial charge in [0.05, 0.1) is 38.1 Å². The van der Waals surface area contributed by atoms with Crippen molar-refractivity contribution in [2.45, 2.75) is 203 Å². The SMILES string of the molecule is C[C@@H]1CC[C@@]2(OC1)O[C@H]1C[C@@H]3[C@@H]4CC=C5C[C@@H](O[C@@H]6O[C@H](CO)[C@@H](O)[C@H](O[C@@H]7O[C@H](CO)[C@@H](O)[C@H](O)[C@H]7O)[C@H]6O[C@@H]6O[C@@H](C)[C@H](O)[C@@H](O)[C@H]6O)CC[C@]5(C)[C@H]4CC[C@]3(C)[C@H]1[C@@H]2C. The molecular weight excluding hydrogens is 812 g/mol. The molecule has 17 nitrogen and oxygen atoms in total. The predicted molar refractivity (Wildman–Crippen MR) is 214 cm³/mol. The smallest absolute Gasteiger partial charge is 0.187 e. The van der Waals surface area contributed by atoms with E-state index in [1.165, 1.54) is 12.5 Å². The summed E-state index contributed by atoms with van der Waals surface area (Å²) in [4.78, 5) is 0. The number of aliphatic hydroxyl groups is 9. The van der Waals surface area contributed by atoms with Crippen molar-refractivity contribution in [3.63, 3.8) is 0 Å². The summed E-state index contributed by atoms with van der Waals surface area (Å²) < 4.78 is 50.3. The minimum absolute atomic E-state index is 0.0484. The van der Waals surface area contributed by atoms with Crippen LogP contribution in [0.5, 0.6) is 0 Å². The van der Waals surface area contributed by atoms with E-state index < -0.39 is 117 Å². The average Bonchev–Trinajstić information content (AvgIpc) is 3.70. The van der Waals surface area contributed by atoms with Gasteiger partial charge < -0.3 is 83.9 Å². The Kier molecular flexibility index (Phi) is 12.9. The first-order chi connectivity index (χ1) is 29.4. The van der Waals surface area contributed by atoms with E-state index in [1.807, 2.05) is 0 Å². The zero-order chi connectivity index (χ0) is 44.2. The van der Waals surface area contributed by atoms with Gasteiger partial charge in [-0.15, -0.1) is 0 Å². The van der Waals surface area contributed by atoms with Gasteiger partial charge in [0.2, 0.25) is 0 Å². The third-order valence-corrected chi connectivity index (χ3v) is 17.7. The molecule has 8 fully saturated rings. The molecule has 1 spiro atoms. The highest BCUT2D eigenvalue weighted by atomic mass is 16.8. The number of hydrogen-bond acceptors (Lipinski definition) is 17. The highest BCUT2D eigenvalue weighted by Crippen LogP contribution is 2.70. The minimum atomic E-state index is -1.84. The first-order valence-corrected chi connectivity index (χ1v) is 23.4. The molecule has 0 amide bonds. The van der Waals surface area contributed by atoms with Crippen LogP contribution >= 0.6 is 0 Å². The van der Waals surface area contributed by atoms with Crippen LogP contribution in [0.4, 0.5) is 0 Å². The molecule has 3 saturated carbocycles. The molecule has 0 bridgehead atoms. The molecule has 9 rings (SSSR count). The molecule has 17 heteroatoms. The molecule has 0 radical (unpaired) electrons. The monoisotopic (exact) mass is 884 g/mol. The lowest BCUT2D eigenvalue weighted by Crippen LogP contribution is -2.67. The van der Waals surface area contributed by atoms with Gasteiger partial charge in [-0.3, -0.25) is 0 Å². The van der Waals surface area contributed by atoms with Crippen molar-refractivity contribution in [2.24, 2.45) is 46.3 Å². The zero-order valence-electron chi connectivity index (χ0n) is 36.6. The lowest BCUT2D eigenvalue weighted by Gasteiger charge is -2.59. The van der Waals surface area contributed by atoms with Gasteiger partial charge in [-0.05, 0) is 98.7 Å².